The van der Waals surface area contributed by atoms with Crippen LogP contribution in [0.1, 0.15) is 18.0 Å². The molecule has 1 fully saturated rings. The second-order valence-corrected chi connectivity index (χ2v) is 4.28. The molecular weight excluding hydrogens is 190 g/mol. The Morgan fingerprint density at radius 2 is 2.27 bits per heavy atom. The average molecular weight is 205 g/mol. The van der Waals surface area contributed by atoms with Crippen LogP contribution in [-0.2, 0) is 0 Å². The summed E-state index contributed by atoms with van der Waals surface area (Å²) in [6.07, 6.45) is 1.10. The molecule has 0 amide bonds. The van der Waals surface area contributed by atoms with Gasteiger partial charge in [0.1, 0.15) is 11.9 Å². The molecule has 0 aliphatic carbocycles. The maximum atomic E-state index is 9.31. The lowest BCUT2D eigenvalue weighted by molar-refractivity contribution is 0.0525. The maximum absolute atomic E-state index is 9.31. The molecule has 0 aromatic heterocycles. The Balaban J connectivity index is 1.95. The van der Waals surface area contributed by atoms with Gasteiger partial charge in [0.2, 0.25) is 0 Å². The van der Waals surface area contributed by atoms with Crippen LogP contribution in [0.25, 0.3) is 0 Å². The summed E-state index contributed by atoms with van der Waals surface area (Å²) >= 11 is 0. The number of rotatable bonds is 1. The molecule has 3 atom stereocenters. The fourth-order valence-corrected chi connectivity index (χ4v) is 2.61. The van der Waals surface area contributed by atoms with Crippen molar-refractivity contribution in [3.05, 3.63) is 29.8 Å². The summed E-state index contributed by atoms with van der Waals surface area (Å²) in [4.78, 5) is 0. The van der Waals surface area contributed by atoms with Crippen LogP contribution in [0.2, 0.25) is 0 Å². The van der Waals surface area contributed by atoms with Gasteiger partial charge in [-0.25, -0.2) is 0 Å². The minimum absolute atomic E-state index is 0.112. The molecular formula is C12H15NO2. The molecule has 0 radical (unpaired) electrons. The van der Waals surface area contributed by atoms with Crippen LogP contribution in [0, 0.1) is 5.92 Å². The lowest BCUT2D eigenvalue weighted by Crippen LogP contribution is -2.44. The van der Waals surface area contributed by atoms with Gasteiger partial charge in [-0.05, 0) is 19.0 Å². The summed E-state index contributed by atoms with van der Waals surface area (Å²) in [5.74, 6) is 1.24. The molecule has 3 rings (SSSR count). The molecule has 1 aromatic rings. The Bertz CT molecular complexity index is 366. The van der Waals surface area contributed by atoms with Gasteiger partial charge in [-0.1, -0.05) is 18.2 Å². The third-order valence-corrected chi connectivity index (χ3v) is 3.42. The molecule has 80 valence electrons. The van der Waals surface area contributed by atoms with Gasteiger partial charge in [0, 0.05) is 18.1 Å². The van der Waals surface area contributed by atoms with Crippen molar-refractivity contribution in [3.63, 3.8) is 0 Å². The molecule has 3 heteroatoms. The van der Waals surface area contributed by atoms with Crippen LogP contribution in [-0.4, -0.2) is 24.4 Å². The number of ether oxygens (including phenoxy) is 1. The summed E-state index contributed by atoms with van der Waals surface area (Å²) in [6, 6.07) is 8.40. The summed E-state index contributed by atoms with van der Waals surface area (Å²) < 4.78 is 5.89. The van der Waals surface area contributed by atoms with E-state index in [9.17, 15) is 5.11 Å². The Hall–Kier alpha value is -1.06. The molecule has 3 nitrogen and oxygen atoms in total. The second kappa shape index (κ2) is 3.51. The van der Waals surface area contributed by atoms with Gasteiger partial charge >= 0.3 is 0 Å². The number of hydrogen-bond acceptors (Lipinski definition) is 3. The first-order valence-corrected chi connectivity index (χ1v) is 5.50. The Morgan fingerprint density at radius 1 is 1.40 bits per heavy atom. The molecule has 0 spiro atoms. The van der Waals surface area contributed by atoms with Gasteiger partial charge < -0.3 is 15.2 Å². The topological polar surface area (TPSA) is 41.5 Å². The number of aliphatic hydroxyl groups excluding tert-OH is 1. The second-order valence-electron chi connectivity index (χ2n) is 4.28. The van der Waals surface area contributed by atoms with Crippen LogP contribution in [0.3, 0.4) is 0 Å². The van der Waals surface area contributed by atoms with E-state index in [4.69, 9.17) is 4.74 Å². The van der Waals surface area contributed by atoms with Crippen molar-refractivity contribution in [1.29, 1.82) is 0 Å². The Labute approximate surface area is 89.1 Å². The van der Waals surface area contributed by atoms with Crippen molar-refractivity contribution in [3.8, 4) is 5.75 Å². The van der Waals surface area contributed by atoms with E-state index in [2.05, 4.69) is 11.4 Å². The quantitative estimate of drug-likeness (QED) is 0.721. The smallest absolute Gasteiger partial charge is 0.124 e. The fraction of sp³-hybridized carbons (Fsp3) is 0.500. The van der Waals surface area contributed by atoms with Crippen molar-refractivity contribution >= 4 is 0 Å². The molecule has 15 heavy (non-hydrogen) atoms. The first-order chi connectivity index (χ1) is 7.40. The number of benzene rings is 1. The van der Waals surface area contributed by atoms with E-state index >= 15 is 0 Å². The highest BCUT2D eigenvalue weighted by Crippen LogP contribution is 2.41. The zero-order chi connectivity index (χ0) is 10.3. The van der Waals surface area contributed by atoms with E-state index in [1.807, 2.05) is 18.2 Å². The van der Waals surface area contributed by atoms with Gasteiger partial charge in [0.15, 0.2) is 0 Å². The van der Waals surface area contributed by atoms with Crippen LogP contribution >= 0.6 is 0 Å². The Kier molecular flexibility index (Phi) is 2.15. The third-order valence-electron chi connectivity index (χ3n) is 3.42. The first-order valence-electron chi connectivity index (χ1n) is 5.50. The van der Waals surface area contributed by atoms with E-state index in [0.29, 0.717) is 0 Å². The predicted molar refractivity (Wildman–Crippen MR) is 56.8 cm³/mol. The summed E-state index contributed by atoms with van der Waals surface area (Å²) in [6.45, 7) is 1.18. The molecule has 1 aromatic carbocycles. The predicted octanol–water partition coefficient (Wildman–Crippen LogP) is 1.09. The fourth-order valence-electron chi connectivity index (χ4n) is 2.61. The zero-order valence-electron chi connectivity index (χ0n) is 8.52. The van der Waals surface area contributed by atoms with E-state index in [-0.39, 0.29) is 24.7 Å². The monoisotopic (exact) mass is 205 g/mol. The summed E-state index contributed by atoms with van der Waals surface area (Å²) in [5.41, 5.74) is 1.24. The molecule has 2 heterocycles. The zero-order valence-corrected chi connectivity index (χ0v) is 8.52. The normalized spacial score (nSPS) is 33.0. The molecule has 0 bridgehead atoms. The number of para-hydroxylation sites is 1. The van der Waals surface area contributed by atoms with Gasteiger partial charge in [-0.15, -0.1) is 0 Å². The highest BCUT2D eigenvalue weighted by atomic mass is 16.5. The van der Waals surface area contributed by atoms with Crippen LogP contribution in [0.5, 0.6) is 5.75 Å². The molecule has 3 unspecified atom stereocenters. The van der Waals surface area contributed by atoms with Crippen molar-refractivity contribution in [1.82, 2.24) is 5.32 Å². The van der Waals surface area contributed by atoms with E-state index < -0.39 is 0 Å². The maximum Gasteiger partial charge on any atom is 0.124 e. The highest BCUT2D eigenvalue weighted by Gasteiger charge is 2.41. The number of hydrogen-bond donors (Lipinski definition) is 2. The highest BCUT2D eigenvalue weighted by molar-refractivity contribution is 5.41. The summed E-state index contributed by atoms with van der Waals surface area (Å²) in [5, 5.41) is 12.8. The van der Waals surface area contributed by atoms with Crippen molar-refractivity contribution in [2.24, 2.45) is 5.92 Å². The lowest BCUT2D eigenvalue weighted by Gasteiger charge is -2.32. The van der Waals surface area contributed by atoms with Gasteiger partial charge in [0.05, 0.1) is 6.04 Å². The standard InChI is InChI=1S/C12H15NO2/c14-7-8-5-6-13-11-9-3-1-2-4-10(9)15-12(8)11/h1-4,8,11-14H,5-7H2. The minimum Gasteiger partial charge on any atom is -0.488 e. The van der Waals surface area contributed by atoms with Gasteiger partial charge in [-0.2, -0.15) is 0 Å². The molecule has 2 N–H and O–H groups in total. The SMILES string of the molecule is OCC1CCNC2c3ccccc3OC12. The number of nitrogens with one attached hydrogen (secondary N) is 1. The van der Waals surface area contributed by atoms with Crippen molar-refractivity contribution in [2.75, 3.05) is 13.2 Å². The number of piperidine rings is 1. The minimum atomic E-state index is 0.112. The lowest BCUT2D eigenvalue weighted by atomic mass is 9.88. The van der Waals surface area contributed by atoms with Crippen LogP contribution < -0.4 is 10.1 Å². The third kappa shape index (κ3) is 1.34. The van der Waals surface area contributed by atoms with E-state index in [1.54, 1.807) is 0 Å². The number of fused-ring (bicyclic) bond motifs is 3. The van der Waals surface area contributed by atoms with Crippen LogP contribution in [0.4, 0.5) is 0 Å². The first kappa shape index (κ1) is 9.19. The van der Waals surface area contributed by atoms with E-state index in [0.717, 1.165) is 18.7 Å². The van der Waals surface area contributed by atoms with Crippen molar-refractivity contribution < 1.29 is 9.84 Å². The molecule has 1 saturated heterocycles. The van der Waals surface area contributed by atoms with Crippen LogP contribution in [0.15, 0.2) is 24.3 Å². The van der Waals surface area contributed by atoms with Gasteiger partial charge in [0.25, 0.3) is 0 Å². The Morgan fingerprint density at radius 3 is 3.13 bits per heavy atom. The summed E-state index contributed by atoms with van der Waals surface area (Å²) in [7, 11) is 0. The molecule has 2 aliphatic heterocycles. The van der Waals surface area contributed by atoms with E-state index in [1.165, 1.54) is 5.56 Å². The molecule has 2 aliphatic rings. The molecule has 0 saturated carbocycles. The largest absolute Gasteiger partial charge is 0.488 e. The average Bonchev–Trinajstić information content (AvgIpc) is 2.67. The van der Waals surface area contributed by atoms with Crippen molar-refractivity contribution in [2.45, 2.75) is 18.6 Å². The van der Waals surface area contributed by atoms with Gasteiger partial charge in [-0.3, -0.25) is 0 Å². The number of aliphatic hydroxyl groups is 1.